The van der Waals surface area contributed by atoms with Crippen LogP contribution in [0.1, 0.15) is 0 Å². The Morgan fingerprint density at radius 2 is 1.66 bits per heavy atom. The van der Waals surface area contributed by atoms with Gasteiger partial charge in [0.1, 0.15) is 11.5 Å². The van der Waals surface area contributed by atoms with Gasteiger partial charge in [0, 0.05) is 44.8 Å². The Morgan fingerprint density at radius 1 is 0.906 bits per heavy atom. The molecule has 1 amide bonds. The van der Waals surface area contributed by atoms with E-state index in [0.717, 1.165) is 37.6 Å². The molecule has 0 saturated carbocycles. The molecule has 10 heteroatoms. The summed E-state index contributed by atoms with van der Waals surface area (Å²) in [5.41, 5.74) is 1.40. The van der Waals surface area contributed by atoms with Gasteiger partial charge in [-0.15, -0.1) is 10.2 Å². The van der Waals surface area contributed by atoms with Crippen LogP contribution >= 0.6 is 0 Å². The summed E-state index contributed by atoms with van der Waals surface area (Å²) in [5.74, 6) is 1.73. The zero-order chi connectivity index (χ0) is 21.8. The lowest BCUT2D eigenvalue weighted by molar-refractivity contribution is -0.136. The van der Waals surface area contributed by atoms with Gasteiger partial charge in [-0.1, -0.05) is 18.2 Å². The molecule has 0 atom stereocenters. The lowest BCUT2D eigenvalue weighted by Gasteiger charge is -2.36. The number of morpholine rings is 1. The molecule has 0 radical (unpaired) electrons. The van der Waals surface area contributed by atoms with Crippen molar-refractivity contribution in [3.05, 3.63) is 42.7 Å². The monoisotopic (exact) mass is 435 g/mol. The van der Waals surface area contributed by atoms with E-state index in [0.29, 0.717) is 50.3 Å². The van der Waals surface area contributed by atoms with Crippen molar-refractivity contribution < 1.29 is 13.9 Å². The van der Waals surface area contributed by atoms with Gasteiger partial charge in [0.25, 0.3) is 5.89 Å². The third-order valence-electron chi connectivity index (χ3n) is 5.71. The van der Waals surface area contributed by atoms with Crippen molar-refractivity contribution in [1.82, 2.24) is 30.0 Å². The number of benzene rings is 1. The second-order valence-electron chi connectivity index (χ2n) is 7.80. The van der Waals surface area contributed by atoms with E-state index in [2.05, 4.69) is 25.0 Å². The third kappa shape index (κ3) is 4.61. The van der Waals surface area contributed by atoms with E-state index in [1.807, 2.05) is 35.2 Å². The van der Waals surface area contributed by atoms with Crippen LogP contribution in [0.25, 0.3) is 23.0 Å². The van der Waals surface area contributed by atoms with Crippen LogP contribution in [0.2, 0.25) is 0 Å². The Morgan fingerprint density at radius 3 is 2.44 bits per heavy atom. The van der Waals surface area contributed by atoms with Gasteiger partial charge in [-0.05, 0) is 12.1 Å². The van der Waals surface area contributed by atoms with Crippen LogP contribution in [-0.4, -0.2) is 94.9 Å². The van der Waals surface area contributed by atoms with Crippen LogP contribution in [0.5, 0.6) is 0 Å². The first kappa shape index (κ1) is 20.5. The van der Waals surface area contributed by atoms with Gasteiger partial charge in [0.15, 0.2) is 0 Å². The van der Waals surface area contributed by atoms with Gasteiger partial charge in [0.2, 0.25) is 11.8 Å². The van der Waals surface area contributed by atoms with Crippen molar-refractivity contribution in [1.29, 1.82) is 0 Å². The van der Waals surface area contributed by atoms with Crippen LogP contribution in [0, 0.1) is 0 Å². The second-order valence-corrected chi connectivity index (χ2v) is 7.80. The van der Waals surface area contributed by atoms with Crippen molar-refractivity contribution in [2.45, 2.75) is 0 Å². The summed E-state index contributed by atoms with van der Waals surface area (Å²) in [6, 6.07) is 9.63. The topological polar surface area (TPSA) is 101 Å². The number of aromatic nitrogens is 4. The normalized spacial score (nSPS) is 17.5. The van der Waals surface area contributed by atoms with Crippen LogP contribution in [0.15, 0.2) is 47.1 Å². The van der Waals surface area contributed by atoms with E-state index in [9.17, 15) is 4.79 Å². The highest BCUT2D eigenvalue weighted by molar-refractivity contribution is 5.78. The fraction of sp³-hybridized carbons (Fsp3) is 0.409. The summed E-state index contributed by atoms with van der Waals surface area (Å²) < 4.78 is 11.1. The van der Waals surface area contributed by atoms with Crippen LogP contribution < -0.4 is 4.90 Å². The molecule has 0 N–H and O–H groups in total. The maximum absolute atomic E-state index is 12.5. The first-order valence-electron chi connectivity index (χ1n) is 10.8. The van der Waals surface area contributed by atoms with Gasteiger partial charge in [0.05, 0.1) is 32.2 Å². The fourth-order valence-corrected chi connectivity index (χ4v) is 3.87. The molecule has 5 rings (SSSR count). The van der Waals surface area contributed by atoms with E-state index < -0.39 is 0 Å². The highest BCUT2D eigenvalue weighted by Crippen LogP contribution is 2.23. The third-order valence-corrected chi connectivity index (χ3v) is 5.71. The van der Waals surface area contributed by atoms with Crippen molar-refractivity contribution in [2.75, 3.05) is 63.9 Å². The fourth-order valence-electron chi connectivity index (χ4n) is 3.87. The van der Waals surface area contributed by atoms with Crippen molar-refractivity contribution in [3.8, 4) is 23.0 Å². The summed E-state index contributed by atoms with van der Waals surface area (Å²) in [6.07, 6.45) is 3.37. The number of piperazine rings is 1. The van der Waals surface area contributed by atoms with Crippen LogP contribution in [0.4, 0.5) is 5.82 Å². The first-order chi connectivity index (χ1) is 15.8. The maximum atomic E-state index is 12.5. The standard InChI is InChI=1S/C22H25N7O3/c30-20(29-10-12-31-13-11-29)16-27-6-8-28(9-7-27)19-15-23-14-18(24-19)22-26-25-21(32-22)17-4-2-1-3-5-17/h1-5,14-15H,6-13,16H2. The summed E-state index contributed by atoms with van der Waals surface area (Å²) in [7, 11) is 0. The molecular weight excluding hydrogens is 410 g/mol. The minimum atomic E-state index is 0.175. The molecule has 0 unspecified atom stereocenters. The predicted octanol–water partition coefficient (Wildman–Crippen LogP) is 1.17. The molecular formula is C22H25N7O3. The number of hydrogen-bond acceptors (Lipinski definition) is 9. The van der Waals surface area contributed by atoms with Gasteiger partial charge >= 0.3 is 0 Å². The molecule has 1 aromatic carbocycles. The maximum Gasteiger partial charge on any atom is 0.268 e. The molecule has 10 nitrogen and oxygen atoms in total. The lowest BCUT2D eigenvalue weighted by atomic mass is 10.2. The Labute approximate surface area is 185 Å². The molecule has 4 heterocycles. The summed E-state index contributed by atoms with van der Waals surface area (Å²) in [6.45, 7) is 6.20. The zero-order valence-corrected chi connectivity index (χ0v) is 17.8. The predicted molar refractivity (Wildman–Crippen MR) is 117 cm³/mol. The molecule has 2 aliphatic heterocycles. The first-order valence-corrected chi connectivity index (χ1v) is 10.8. The minimum Gasteiger partial charge on any atom is -0.415 e. The van der Waals surface area contributed by atoms with Crippen LogP contribution in [0.3, 0.4) is 0 Å². The van der Waals surface area contributed by atoms with Gasteiger partial charge < -0.3 is 19.0 Å². The molecule has 166 valence electrons. The van der Waals surface area contributed by atoms with E-state index in [1.165, 1.54) is 0 Å². The molecule has 2 aliphatic rings. The molecule has 0 aliphatic carbocycles. The Hall–Kier alpha value is -3.37. The number of hydrogen-bond donors (Lipinski definition) is 0. The van der Waals surface area contributed by atoms with Gasteiger partial charge in [-0.2, -0.15) is 0 Å². The average molecular weight is 435 g/mol. The largest absolute Gasteiger partial charge is 0.415 e. The van der Waals surface area contributed by atoms with Crippen molar-refractivity contribution in [2.24, 2.45) is 0 Å². The van der Waals surface area contributed by atoms with Gasteiger partial charge in [-0.3, -0.25) is 14.7 Å². The summed E-state index contributed by atoms with van der Waals surface area (Å²) in [4.78, 5) is 27.8. The smallest absolute Gasteiger partial charge is 0.268 e. The minimum absolute atomic E-state index is 0.175. The molecule has 32 heavy (non-hydrogen) atoms. The molecule has 0 spiro atoms. The van der Waals surface area contributed by atoms with Crippen molar-refractivity contribution >= 4 is 11.7 Å². The molecule has 2 saturated heterocycles. The Kier molecular flexibility index (Phi) is 6.04. The quantitative estimate of drug-likeness (QED) is 0.585. The Bertz CT molecular complexity index is 1040. The molecule has 2 aromatic heterocycles. The van der Waals surface area contributed by atoms with E-state index in [-0.39, 0.29) is 5.91 Å². The SMILES string of the molecule is O=C(CN1CCN(c2cncc(-c3nnc(-c4ccccc4)o3)n2)CC1)N1CCOCC1. The number of carbonyl (C=O) groups excluding carboxylic acids is 1. The summed E-state index contributed by atoms with van der Waals surface area (Å²) in [5, 5.41) is 8.27. The number of ether oxygens (including phenoxy) is 1. The number of carbonyl (C=O) groups is 1. The number of rotatable bonds is 5. The van der Waals surface area contributed by atoms with E-state index in [4.69, 9.17) is 14.1 Å². The highest BCUT2D eigenvalue weighted by Gasteiger charge is 2.24. The highest BCUT2D eigenvalue weighted by atomic mass is 16.5. The number of amides is 1. The Balaban J connectivity index is 1.20. The van der Waals surface area contributed by atoms with Gasteiger partial charge in [-0.25, -0.2) is 4.98 Å². The lowest BCUT2D eigenvalue weighted by Crippen LogP contribution is -2.51. The number of anilines is 1. The zero-order valence-electron chi connectivity index (χ0n) is 17.8. The van der Waals surface area contributed by atoms with Crippen LogP contribution in [-0.2, 0) is 9.53 Å². The number of nitrogens with zero attached hydrogens (tertiary/aromatic N) is 7. The summed E-state index contributed by atoms with van der Waals surface area (Å²) >= 11 is 0. The molecule has 2 fully saturated rings. The van der Waals surface area contributed by atoms with E-state index in [1.54, 1.807) is 12.4 Å². The van der Waals surface area contributed by atoms with Crippen molar-refractivity contribution in [3.63, 3.8) is 0 Å². The van der Waals surface area contributed by atoms with E-state index >= 15 is 0 Å². The molecule has 3 aromatic rings. The average Bonchev–Trinajstić information content (AvgIpc) is 3.36. The molecule has 0 bridgehead atoms. The second kappa shape index (κ2) is 9.41.